The summed E-state index contributed by atoms with van der Waals surface area (Å²) < 4.78 is 4.57. The molecule has 0 aromatic carbocycles. The zero-order chi connectivity index (χ0) is 19.3. The van der Waals surface area contributed by atoms with Gasteiger partial charge in [-0.3, -0.25) is 4.79 Å². The van der Waals surface area contributed by atoms with Crippen LogP contribution in [-0.2, 0) is 9.53 Å². The molecular formula is C23H34O3. The van der Waals surface area contributed by atoms with Gasteiger partial charge in [-0.25, -0.2) is 0 Å². The summed E-state index contributed by atoms with van der Waals surface area (Å²) in [5.41, 5.74) is 0. The van der Waals surface area contributed by atoms with Crippen LogP contribution in [0.5, 0.6) is 0 Å². The van der Waals surface area contributed by atoms with Crippen molar-refractivity contribution in [2.24, 2.45) is 0 Å². The number of esters is 1. The van der Waals surface area contributed by atoms with Crippen LogP contribution in [0.15, 0.2) is 72.9 Å². The lowest BCUT2D eigenvalue weighted by Gasteiger charge is -1.98. The third-order valence-electron chi connectivity index (χ3n) is 3.42. The number of ether oxygens (including phenoxy) is 1. The minimum Gasteiger partial charge on any atom is -0.469 e. The Labute approximate surface area is 159 Å². The summed E-state index contributed by atoms with van der Waals surface area (Å²) in [6.07, 6.45) is 29.3. The van der Waals surface area contributed by atoms with E-state index in [1.54, 1.807) is 6.08 Å². The van der Waals surface area contributed by atoms with Crippen molar-refractivity contribution in [2.45, 2.75) is 58.0 Å². The van der Waals surface area contributed by atoms with E-state index in [4.69, 9.17) is 0 Å². The van der Waals surface area contributed by atoms with Crippen LogP contribution in [0.2, 0.25) is 0 Å². The van der Waals surface area contributed by atoms with Crippen LogP contribution in [0.3, 0.4) is 0 Å². The van der Waals surface area contributed by atoms with Crippen LogP contribution >= 0.6 is 0 Å². The average Bonchev–Trinajstić information content (AvgIpc) is 2.65. The minimum atomic E-state index is -0.464. The summed E-state index contributed by atoms with van der Waals surface area (Å²) >= 11 is 0. The predicted molar refractivity (Wildman–Crippen MR) is 111 cm³/mol. The summed E-state index contributed by atoms with van der Waals surface area (Å²) in [5.74, 6) is -0.186. The van der Waals surface area contributed by atoms with Crippen molar-refractivity contribution in [3.63, 3.8) is 0 Å². The largest absolute Gasteiger partial charge is 0.469 e. The van der Waals surface area contributed by atoms with Gasteiger partial charge in [0.25, 0.3) is 0 Å². The fraction of sp³-hybridized carbons (Fsp3) is 0.435. The molecule has 0 radical (unpaired) electrons. The van der Waals surface area contributed by atoms with Crippen LogP contribution in [0.25, 0.3) is 0 Å². The maximum absolute atomic E-state index is 10.9. The first kappa shape index (κ1) is 23.9. The van der Waals surface area contributed by atoms with Crippen LogP contribution in [-0.4, -0.2) is 24.3 Å². The van der Waals surface area contributed by atoms with Gasteiger partial charge in [-0.2, -0.15) is 0 Å². The molecule has 3 heteroatoms. The van der Waals surface area contributed by atoms with E-state index in [-0.39, 0.29) is 5.97 Å². The molecule has 0 fully saturated rings. The molecule has 0 aliphatic heterocycles. The van der Waals surface area contributed by atoms with Crippen molar-refractivity contribution in [3.05, 3.63) is 72.9 Å². The van der Waals surface area contributed by atoms with Gasteiger partial charge in [-0.15, -0.1) is 0 Å². The number of aliphatic hydroxyl groups is 1. The molecule has 0 aliphatic carbocycles. The maximum atomic E-state index is 10.9. The van der Waals surface area contributed by atoms with Crippen molar-refractivity contribution in [1.82, 2.24) is 0 Å². The van der Waals surface area contributed by atoms with E-state index in [9.17, 15) is 9.90 Å². The monoisotopic (exact) mass is 358 g/mol. The van der Waals surface area contributed by atoms with Crippen molar-refractivity contribution >= 4 is 5.97 Å². The SMILES string of the molecule is CCC=CCC=CCC=CC=CC(O)CC=CCC=CCCC(=O)OC. The van der Waals surface area contributed by atoms with Gasteiger partial charge in [-0.05, 0) is 38.5 Å². The summed E-state index contributed by atoms with van der Waals surface area (Å²) in [7, 11) is 1.40. The van der Waals surface area contributed by atoms with Gasteiger partial charge in [0, 0.05) is 6.42 Å². The second-order valence-corrected chi connectivity index (χ2v) is 5.73. The number of allylic oxidation sites excluding steroid dienone is 10. The van der Waals surface area contributed by atoms with Crippen molar-refractivity contribution < 1.29 is 14.6 Å². The van der Waals surface area contributed by atoms with Crippen LogP contribution < -0.4 is 0 Å². The fourth-order valence-corrected chi connectivity index (χ4v) is 1.97. The molecule has 0 aliphatic rings. The van der Waals surface area contributed by atoms with E-state index in [1.807, 2.05) is 36.5 Å². The molecule has 1 atom stereocenters. The van der Waals surface area contributed by atoms with Crippen LogP contribution in [0.4, 0.5) is 0 Å². The molecule has 0 aromatic heterocycles. The summed E-state index contributed by atoms with van der Waals surface area (Å²) in [6.45, 7) is 2.13. The molecule has 0 saturated carbocycles. The Morgan fingerprint density at radius 1 is 0.885 bits per heavy atom. The second-order valence-electron chi connectivity index (χ2n) is 5.73. The van der Waals surface area contributed by atoms with Gasteiger partial charge in [-0.1, -0.05) is 79.8 Å². The molecule has 26 heavy (non-hydrogen) atoms. The van der Waals surface area contributed by atoms with Gasteiger partial charge >= 0.3 is 5.97 Å². The molecular weight excluding hydrogens is 324 g/mol. The second kappa shape index (κ2) is 19.2. The molecule has 0 bridgehead atoms. The van der Waals surface area contributed by atoms with Crippen LogP contribution in [0.1, 0.15) is 51.9 Å². The Morgan fingerprint density at radius 3 is 2.19 bits per heavy atom. The molecule has 3 nitrogen and oxygen atoms in total. The van der Waals surface area contributed by atoms with Gasteiger partial charge in [0.2, 0.25) is 0 Å². The molecule has 144 valence electrons. The summed E-state index contributed by atoms with van der Waals surface area (Å²) in [6, 6.07) is 0. The molecule has 1 N–H and O–H groups in total. The standard InChI is InChI=1S/C23H34O3/c1-3-4-5-6-7-8-9-10-13-16-19-22(24)20-17-14-11-12-15-18-21-23(25)26-2/h4-5,7-8,10,12-17,19,22,24H,3,6,9,11,18,20-21H2,1-2H3. The molecule has 0 spiro atoms. The Balaban J connectivity index is 3.73. The minimum absolute atomic E-state index is 0.186. The number of carbonyl (C=O) groups is 1. The summed E-state index contributed by atoms with van der Waals surface area (Å²) in [5, 5.41) is 9.84. The highest BCUT2D eigenvalue weighted by atomic mass is 16.5. The van der Waals surface area contributed by atoms with Gasteiger partial charge in [0.15, 0.2) is 0 Å². The molecule has 1 unspecified atom stereocenters. The Bertz CT molecular complexity index is 508. The predicted octanol–water partition coefficient (Wildman–Crippen LogP) is 5.61. The molecule has 0 aromatic rings. The van der Waals surface area contributed by atoms with E-state index >= 15 is 0 Å². The lowest BCUT2D eigenvalue weighted by Crippen LogP contribution is -1.98. The maximum Gasteiger partial charge on any atom is 0.305 e. The highest BCUT2D eigenvalue weighted by Gasteiger charge is 1.95. The fourth-order valence-electron chi connectivity index (χ4n) is 1.97. The Morgan fingerprint density at radius 2 is 1.50 bits per heavy atom. The smallest absolute Gasteiger partial charge is 0.305 e. The third-order valence-corrected chi connectivity index (χ3v) is 3.42. The number of aliphatic hydroxyl groups excluding tert-OH is 1. The first-order valence-electron chi connectivity index (χ1n) is 9.38. The highest BCUT2D eigenvalue weighted by molar-refractivity contribution is 5.69. The number of rotatable bonds is 14. The van der Waals surface area contributed by atoms with E-state index in [0.717, 1.165) is 25.7 Å². The van der Waals surface area contributed by atoms with Crippen molar-refractivity contribution in [1.29, 1.82) is 0 Å². The zero-order valence-electron chi connectivity index (χ0n) is 16.2. The van der Waals surface area contributed by atoms with Crippen molar-refractivity contribution in [2.75, 3.05) is 7.11 Å². The number of methoxy groups -OCH3 is 1. The van der Waals surface area contributed by atoms with Gasteiger partial charge in [0.05, 0.1) is 13.2 Å². The third kappa shape index (κ3) is 18.2. The molecule has 0 amide bonds. The lowest BCUT2D eigenvalue weighted by molar-refractivity contribution is -0.140. The first-order valence-corrected chi connectivity index (χ1v) is 9.38. The quantitative estimate of drug-likeness (QED) is 0.249. The lowest BCUT2D eigenvalue weighted by atomic mass is 10.2. The molecule has 0 saturated heterocycles. The van der Waals surface area contributed by atoms with E-state index < -0.39 is 6.10 Å². The Hall–Kier alpha value is -2.13. The molecule has 0 rings (SSSR count). The topological polar surface area (TPSA) is 46.5 Å². The number of hydrogen-bond donors (Lipinski definition) is 1. The van der Waals surface area contributed by atoms with Gasteiger partial charge < -0.3 is 9.84 Å². The van der Waals surface area contributed by atoms with E-state index in [2.05, 4.69) is 42.0 Å². The molecule has 0 heterocycles. The number of hydrogen-bond acceptors (Lipinski definition) is 3. The summed E-state index contributed by atoms with van der Waals surface area (Å²) in [4.78, 5) is 10.9. The van der Waals surface area contributed by atoms with Gasteiger partial charge in [0.1, 0.15) is 0 Å². The number of carbonyl (C=O) groups excluding carboxylic acids is 1. The first-order chi connectivity index (χ1) is 12.7. The average molecular weight is 359 g/mol. The highest BCUT2D eigenvalue weighted by Crippen LogP contribution is 2.00. The van der Waals surface area contributed by atoms with Crippen molar-refractivity contribution in [3.8, 4) is 0 Å². The van der Waals surface area contributed by atoms with E-state index in [0.29, 0.717) is 19.3 Å². The van der Waals surface area contributed by atoms with E-state index in [1.165, 1.54) is 7.11 Å². The normalized spacial score (nSPS) is 14.1. The Kier molecular flexibility index (Phi) is 17.6. The van der Waals surface area contributed by atoms with Crippen LogP contribution in [0, 0.1) is 0 Å². The zero-order valence-corrected chi connectivity index (χ0v) is 16.2.